The van der Waals surface area contributed by atoms with Crippen molar-refractivity contribution in [3.8, 4) is 0 Å². The molecule has 11 nitrogen and oxygen atoms in total. The van der Waals surface area contributed by atoms with Crippen LogP contribution in [-0.2, 0) is 29.4 Å². The van der Waals surface area contributed by atoms with Crippen LogP contribution < -0.4 is 0 Å². The van der Waals surface area contributed by atoms with Crippen LogP contribution >= 0.6 is 0 Å². The monoisotopic (exact) mass is 670 g/mol. The van der Waals surface area contributed by atoms with Crippen molar-refractivity contribution in [2.75, 3.05) is 72.0 Å². The molecule has 34 heavy (non-hydrogen) atoms. The molecule has 1 aromatic carbocycles. The number of carbonyl (C=O) groups is 4. The molecular formula is C22H29BiN4O7. The van der Waals surface area contributed by atoms with Crippen LogP contribution in [0.1, 0.15) is 15.9 Å². The van der Waals surface area contributed by atoms with Gasteiger partial charge in [0.15, 0.2) is 0 Å². The van der Waals surface area contributed by atoms with Crippen molar-refractivity contribution in [1.82, 2.24) is 19.6 Å². The van der Waals surface area contributed by atoms with E-state index in [1.807, 2.05) is 26.8 Å². The number of rotatable bonds is 3. The molecule has 2 unspecified atom stereocenters. The van der Waals surface area contributed by atoms with Crippen molar-refractivity contribution < 1.29 is 27.6 Å². The Balaban J connectivity index is 1.57. The summed E-state index contributed by atoms with van der Waals surface area (Å²) in [5.41, 5.74) is 1.72. The third kappa shape index (κ3) is 7.51. The summed E-state index contributed by atoms with van der Waals surface area (Å²) in [5, 5.41) is 0. The quantitative estimate of drug-likeness (QED) is 0.288. The first-order valence-electron chi connectivity index (χ1n) is 11.3. The van der Waals surface area contributed by atoms with E-state index in [4.69, 9.17) is 8.44 Å². The number of hydrogen-bond donors (Lipinski definition) is 0. The zero-order valence-electron chi connectivity index (χ0n) is 19.0. The van der Waals surface area contributed by atoms with Gasteiger partial charge in [-0.1, -0.05) is 0 Å². The van der Waals surface area contributed by atoms with Gasteiger partial charge >= 0.3 is 197 Å². The summed E-state index contributed by atoms with van der Waals surface area (Å²) in [6.45, 7) is 5.94. The van der Waals surface area contributed by atoms with Crippen molar-refractivity contribution in [1.29, 1.82) is 0 Å². The van der Waals surface area contributed by atoms with Crippen molar-refractivity contribution in [2.45, 2.75) is 6.54 Å². The molecule has 3 heterocycles. The summed E-state index contributed by atoms with van der Waals surface area (Å²) in [7, 11) is 0. The Kier molecular flexibility index (Phi) is 8.96. The maximum atomic E-state index is 12.6. The molecule has 0 amide bonds. The average Bonchev–Trinajstić information content (AvgIpc) is 2.84. The van der Waals surface area contributed by atoms with E-state index in [9.17, 15) is 19.2 Å². The predicted octanol–water partition coefficient (Wildman–Crippen LogP) is -1.14. The van der Waals surface area contributed by atoms with E-state index < -0.39 is 41.0 Å². The fourth-order valence-electron chi connectivity index (χ4n) is 4.11. The van der Waals surface area contributed by atoms with Crippen molar-refractivity contribution in [3.05, 3.63) is 35.4 Å². The molecule has 0 aliphatic carbocycles. The Bertz CT molecular complexity index is 864. The third-order valence-corrected chi connectivity index (χ3v) is 10.2. The molecule has 12 heteroatoms. The molecule has 4 bridgehead atoms. The molecule has 0 spiro atoms. The zero-order valence-corrected chi connectivity index (χ0v) is 22.4. The van der Waals surface area contributed by atoms with Gasteiger partial charge < -0.3 is 0 Å². The third-order valence-electron chi connectivity index (χ3n) is 6.04. The van der Waals surface area contributed by atoms with Gasteiger partial charge in [-0.2, -0.15) is 0 Å². The minimum atomic E-state index is -4.02. The first-order valence-corrected chi connectivity index (χ1v) is 15.6. The summed E-state index contributed by atoms with van der Waals surface area (Å²) < 4.78 is 16.1. The molecule has 4 rings (SSSR count). The molecule has 0 aromatic heterocycles. The van der Waals surface area contributed by atoms with E-state index in [1.54, 1.807) is 12.1 Å². The number of carbonyl (C=O) groups excluding carboxylic acids is 4. The van der Waals surface area contributed by atoms with Gasteiger partial charge in [0.2, 0.25) is 0 Å². The van der Waals surface area contributed by atoms with Crippen molar-refractivity contribution in [2.24, 2.45) is 0 Å². The van der Waals surface area contributed by atoms with Crippen LogP contribution in [0.2, 0.25) is 0 Å². The minimum absolute atomic E-state index is 0.0444. The Labute approximate surface area is 208 Å². The molecule has 0 N–H and O–H groups in total. The first kappa shape index (κ1) is 25.1. The second-order valence-electron chi connectivity index (χ2n) is 8.58. The topological polar surface area (TPSA) is 109 Å². The number of benzene rings is 1. The summed E-state index contributed by atoms with van der Waals surface area (Å²) in [4.78, 5) is 56.9. The van der Waals surface area contributed by atoms with Crippen molar-refractivity contribution >= 4 is 47.3 Å². The zero-order chi connectivity index (χ0) is 23.9. The average molecular weight is 670 g/mol. The van der Waals surface area contributed by atoms with Gasteiger partial charge in [0.1, 0.15) is 6.29 Å². The van der Waals surface area contributed by atoms with Crippen LogP contribution in [0.3, 0.4) is 0 Å². The van der Waals surface area contributed by atoms with E-state index >= 15 is 0 Å². The molecule has 1 aromatic rings. The van der Waals surface area contributed by atoms with Gasteiger partial charge in [0.25, 0.3) is 0 Å². The molecule has 3 aliphatic heterocycles. The molecule has 184 valence electrons. The SMILES string of the molecule is O=Cc1ccc(CN2CCN3CCN4CCN(CC2)CC(=O)[O][Bi]([O]C(=O)C4)[O]C(=O)C3)cc1. The van der Waals surface area contributed by atoms with Crippen LogP contribution in [-0.4, -0.2) is 139 Å². The Morgan fingerprint density at radius 1 is 0.676 bits per heavy atom. The first-order chi connectivity index (χ1) is 16.5. The fourth-order valence-corrected chi connectivity index (χ4v) is 7.16. The van der Waals surface area contributed by atoms with E-state index in [2.05, 4.69) is 4.90 Å². The number of aldehydes is 1. The van der Waals surface area contributed by atoms with E-state index in [1.165, 1.54) is 0 Å². The normalized spacial score (nSPS) is 27.9. The number of nitrogens with zero attached hydrogens (tertiary/aromatic N) is 4. The van der Waals surface area contributed by atoms with E-state index in [0.29, 0.717) is 64.5 Å². The van der Waals surface area contributed by atoms with Crippen LogP contribution in [0.5, 0.6) is 0 Å². The van der Waals surface area contributed by atoms with Crippen LogP contribution in [0.15, 0.2) is 24.3 Å². The van der Waals surface area contributed by atoms with Gasteiger partial charge in [-0.05, 0) is 0 Å². The van der Waals surface area contributed by atoms with Gasteiger partial charge in [-0.15, -0.1) is 0 Å². The van der Waals surface area contributed by atoms with Gasteiger partial charge in [-0.25, -0.2) is 0 Å². The Morgan fingerprint density at radius 2 is 1.09 bits per heavy atom. The Hall–Kier alpha value is -1.98. The number of hydrogen-bond acceptors (Lipinski definition) is 11. The standard InChI is InChI=1S/C22H32N4O7.Bi/c27-17-19-3-1-18(2-4-19)13-23-5-7-24(14-20(28)29)9-11-26(16-22(32)33)12-10-25(8-6-23)15-21(30)31;/h1-4,17H,5-16H2,(H,28,29)(H,30,31)(H,32,33);/q;+3/p-3. The second-order valence-corrected chi connectivity index (χ2v) is 12.4. The molecular weight excluding hydrogens is 641 g/mol. The van der Waals surface area contributed by atoms with Gasteiger partial charge in [0, 0.05) is 0 Å². The van der Waals surface area contributed by atoms with Crippen LogP contribution in [0.25, 0.3) is 0 Å². The van der Waals surface area contributed by atoms with Crippen molar-refractivity contribution in [3.63, 3.8) is 0 Å². The number of fused-ring (bicyclic) bond motifs is 7. The second kappa shape index (κ2) is 12.1. The van der Waals surface area contributed by atoms with E-state index in [0.717, 1.165) is 11.8 Å². The summed E-state index contributed by atoms with van der Waals surface area (Å²) in [6.07, 6.45) is 0.825. The van der Waals surface area contributed by atoms with Crippen LogP contribution in [0, 0.1) is 0 Å². The molecule has 3 saturated heterocycles. The summed E-state index contributed by atoms with van der Waals surface area (Å²) in [5.74, 6) is -1.58. The summed E-state index contributed by atoms with van der Waals surface area (Å²) >= 11 is -4.02. The predicted molar refractivity (Wildman–Crippen MR) is 120 cm³/mol. The van der Waals surface area contributed by atoms with E-state index in [-0.39, 0.29) is 19.6 Å². The Morgan fingerprint density at radius 3 is 1.50 bits per heavy atom. The van der Waals surface area contributed by atoms with Crippen LogP contribution in [0.4, 0.5) is 0 Å². The molecule has 3 aliphatic rings. The molecule has 3 fully saturated rings. The molecule has 0 saturated carbocycles. The molecule has 0 radical (unpaired) electrons. The van der Waals surface area contributed by atoms with Gasteiger partial charge in [-0.3, -0.25) is 4.79 Å². The molecule has 2 atom stereocenters. The summed E-state index contributed by atoms with van der Waals surface area (Å²) in [6, 6.07) is 7.49. The van der Waals surface area contributed by atoms with Gasteiger partial charge in [0.05, 0.1) is 0 Å². The fraction of sp³-hybridized carbons (Fsp3) is 0.545. The maximum absolute atomic E-state index is 12.6.